The summed E-state index contributed by atoms with van der Waals surface area (Å²) in [5.74, 6) is 0.0292. The highest BCUT2D eigenvalue weighted by atomic mass is 35.5. The lowest BCUT2D eigenvalue weighted by atomic mass is 9.89. The van der Waals surface area contributed by atoms with E-state index in [1.165, 1.54) is 12.7 Å². The lowest BCUT2D eigenvalue weighted by Gasteiger charge is -2.46. The number of methoxy groups -OCH3 is 1. The molecule has 1 amide bonds. The van der Waals surface area contributed by atoms with Gasteiger partial charge in [-0.1, -0.05) is 60.1 Å². The molecule has 0 saturated carbocycles. The van der Waals surface area contributed by atoms with Crippen LogP contribution in [0.4, 0.5) is 0 Å². The number of carbonyl (C=O) groups excluding carboxylic acids is 1. The van der Waals surface area contributed by atoms with Crippen molar-refractivity contribution < 1.29 is 29.2 Å². The summed E-state index contributed by atoms with van der Waals surface area (Å²) in [5.41, 5.74) is 2.02. The summed E-state index contributed by atoms with van der Waals surface area (Å²) < 4.78 is 17.2. The number of halogens is 1. The number of ether oxygens (including phenoxy) is 3. The van der Waals surface area contributed by atoms with Crippen molar-refractivity contribution in [1.82, 2.24) is 5.32 Å². The Balaban J connectivity index is 1.55. The summed E-state index contributed by atoms with van der Waals surface area (Å²) in [6.07, 6.45) is -2.85. The van der Waals surface area contributed by atoms with Crippen LogP contribution in [0, 0.1) is 0 Å². The summed E-state index contributed by atoms with van der Waals surface area (Å²) in [6.45, 7) is 3.99. The minimum absolute atomic E-state index is 0.275. The molecular weight excluding hydrogens is 506 g/mol. The van der Waals surface area contributed by atoms with Gasteiger partial charge >= 0.3 is 0 Å². The van der Waals surface area contributed by atoms with Gasteiger partial charge in [0, 0.05) is 24.2 Å². The van der Waals surface area contributed by atoms with Gasteiger partial charge in [0.2, 0.25) is 6.29 Å². The van der Waals surface area contributed by atoms with E-state index in [1.807, 2.05) is 36.4 Å². The van der Waals surface area contributed by atoms with E-state index in [0.717, 1.165) is 12.8 Å². The first kappa shape index (κ1) is 28.1. The third kappa shape index (κ3) is 6.37. The molecule has 0 aliphatic carbocycles. The predicted octanol–water partition coefficient (Wildman–Crippen LogP) is 4.62. The van der Waals surface area contributed by atoms with Crippen LogP contribution >= 0.6 is 11.6 Å². The molecule has 8 heteroatoms. The highest BCUT2D eigenvalue weighted by molar-refractivity contribution is 6.33. The minimum Gasteiger partial charge on any atom is -0.462 e. The van der Waals surface area contributed by atoms with Gasteiger partial charge in [-0.3, -0.25) is 4.79 Å². The fraction of sp³-hybridized carbons (Fsp3) is 0.367. The normalized spacial score (nSPS) is 22.6. The van der Waals surface area contributed by atoms with Crippen molar-refractivity contribution in [2.24, 2.45) is 0 Å². The quantitative estimate of drug-likeness (QED) is 0.343. The standard InChI is InChI=1S/C30H34ClNO6/c1-30(2)27(36-3)25(33)26(34)29(38-30)37-20-15-16-21(22-13-7-8-14-24(22)31)23(18-20)28(35)32-17-9-12-19-10-5-4-6-11-19/h4-8,10-11,13-16,18,25-27,29,33-34H,9,12,17H2,1-3H3,(H,32,35)/t25-,26+,27+,29+/m0/s1. The molecule has 1 aliphatic heterocycles. The third-order valence-electron chi connectivity index (χ3n) is 6.72. The van der Waals surface area contributed by atoms with Gasteiger partial charge < -0.3 is 29.7 Å². The number of rotatable bonds is 9. The summed E-state index contributed by atoms with van der Waals surface area (Å²) in [7, 11) is 1.45. The van der Waals surface area contributed by atoms with E-state index in [2.05, 4.69) is 17.4 Å². The van der Waals surface area contributed by atoms with E-state index in [0.29, 0.717) is 34.0 Å². The smallest absolute Gasteiger partial charge is 0.252 e. The molecule has 4 rings (SSSR count). The van der Waals surface area contributed by atoms with Crippen LogP contribution in [-0.4, -0.2) is 60.0 Å². The van der Waals surface area contributed by atoms with Gasteiger partial charge in [0.05, 0.1) is 11.2 Å². The first-order valence-electron chi connectivity index (χ1n) is 12.7. The Morgan fingerprint density at radius 2 is 1.71 bits per heavy atom. The van der Waals surface area contributed by atoms with E-state index in [9.17, 15) is 15.0 Å². The molecule has 7 nitrogen and oxygen atoms in total. The second-order valence-electron chi connectivity index (χ2n) is 9.88. The van der Waals surface area contributed by atoms with Crippen molar-refractivity contribution in [1.29, 1.82) is 0 Å². The van der Waals surface area contributed by atoms with Crippen molar-refractivity contribution >= 4 is 17.5 Å². The number of amides is 1. The minimum atomic E-state index is -1.36. The van der Waals surface area contributed by atoms with Crippen molar-refractivity contribution in [3.63, 3.8) is 0 Å². The first-order valence-corrected chi connectivity index (χ1v) is 13.0. The van der Waals surface area contributed by atoms with Gasteiger partial charge in [-0.25, -0.2) is 0 Å². The van der Waals surface area contributed by atoms with E-state index >= 15 is 0 Å². The average molecular weight is 540 g/mol. The predicted molar refractivity (Wildman–Crippen MR) is 146 cm³/mol. The number of carbonyl (C=O) groups is 1. The van der Waals surface area contributed by atoms with Crippen LogP contribution in [0.15, 0.2) is 72.8 Å². The topological polar surface area (TPSA) is 97.3 Å². The van der Waals surface area contributed by atoms with Crippen LogP contribution in [0.3, 0.4) is 0 Å². The molecule has 1 saturated heterocycles. The molecule has 202 valence electrons. The van der Waals surface area contributed by atoms with Crippen LogP contribution in [0.2, 0.25) is 5.02 Å². The molecule has 0 aromatic heterocycles. The number of benzene rings is 3. The van der Waals surface area contributed by atoms with E-state index < -0.39 is 30.2 Å². The van der Waals surface area contributed by atoms with Crippen LogP contribution in [-0.2, 0) is 15.9 Å². The summed E-state index contributed by atoms with van der Waals surface area (Å²) in [4.78, 5) is 13.4. The first-order chi connectivity index (χ1) is 18.2. The molecule has 0 bridgehead atoms. The third-order valence-corrected chi connectivity index (χ3v) is 7.05. The number of aryl methyl sites for hydroxylation is 1. The molecule has 3 N–H and O–H groups in total. The van der Waals surface area contributed by atoms with E-state index in [4.69, 9.17) is 25.8 Å². The number of aliphatic hydroxyl groups is 2. The van der Waals surface area contributed by atoms with Crippen molar-refractivity contribution in [3.8, 4) is 16.9 Å². The van der Waals surface area contributed by atoms with Gasteiger partial charge in [0.1, 0.15) is 24.1 Å². The monoisotopic (exact) mass is 539 g/mol. The van der Waals surface area contributed by atoms with E-state index in [1.54, 1.807) is 38.1 Å². The van der Waals surface area contributed by atoms with Gasteiger partial charge in [0.25, 0.3) is 5.91 Å². The van der Waals surface area contributed by atoms with Crippen LogP contribution in [0.5, 0.6) is 5.75 Å². The molecule has 0 spiro atoms. The number of hydrogen-bond acceptors (Lipinski definition) is 6. The SMILES string of the molecule is CO[C@@H]1[C@@H](O)[C@@H](O)[C@H](Oc2ccc(-c3ccccc3Cl)c(C(=O)NCCCc3ccccc3)c2)OC1(C)C. The molecule has 0 radical (unpaired) electrons. The Kier molecular flexibility index (Phi) is 9.07. The highest BCUT2D eigenvalue weighted by Gasteiger charge is 2.50. The van der Waals surface area contributed by atoms with Crippen molar-refractivity contribution in [2.45, 2.75) is 56.9 Å². The number of nitrogens with one attached hydrogen (secondary N) is 1. The van der Waals surface area contributed by atoms with Crippen LogP contribution in [0.25, 0.3) is 11.1 Å². The second-order valence-corrected chi connectivity index (χ2v) is 10.3. The van der Waals surface area contributed by atoms with Gasteiger partial charge in [-0.15, -0.1) is 0 Å². The Morgan fingerprint density at radius 3 is 2.42 bits per heavy atom. The lowest BCUT2D eigenvalue weighted by molar-refractivity contribution is -0.305. The Morgan fingerprint density at radius 1 is 1.00 bits per heavy atom. The molecule has 38 heavy (non-hydrogen) atoms. The van der Waals surface area contributed by atoms with Gasteiger partial charge in [-0.2, -0.15) is 0 Å². The average Bonchev–Trinajstić information content (AvgIpc) is 2.90. The van der Waals surface area contributed by atoms with Gasteiger partial charge in [-0.05, 0) is 62.1 Å². The Bertz CT molecular complexity index is 1230. The van der Waals surface area contributed by atoms with Crippen LogP contribution in [0.1, 0.15) is 36.2 Å². The van der Waals surface area contributed by atoms with Crippen LogP contribution < -0.4 is 10.1 Å². The summed E-state index contributed by atoms with van der Waals surface area (Å²) >= 11 is 6.46. The number of aliphatic hydroxyl groups excluding tert-OH is 2. The molecule has 3 aromatic carbocycles. The molecule has 1 heterocycles. The summed E-state index contributed by atoms with van der Waals surface area (Å²) in [6, 6.07) is 22.4. The maximum Gasteiger partial charge on any atom is 0.252 e. The zero-order valence-electron chi connectivity index (χ0n) is 21.8. The highest BCUT2D eigenvalue weighted by Crippen LogP contribution is 2.35. The number of hydrogen-bond donors (Lipinski definition) is 3. The lowest BCUT2D eigenvalue weighted by Crippen LogP contribution is -2.63. The molecule has 0 unspecified atom stereocenters. The Labute approximate surface area is 228 Å². The van der Waals surface area contributed by atoms with E-state index in [-0.39, 0.29) is 5.91 Å². The second kappa shape index (κ2) is 12.3. The molecule has 3 aromatic rings. The maximum atomic E-state index is 13.4. The molecule has 1 aliphatic rings. The van der Waals surface area contributed by atoms with Crippen molar-refractivity contribution in [3.05, 3.63) is 88.9 Å². The Hall–Kier alpha value is -2.94. The van der Waals surface area contributed by atoms with Gasteiger partial charge in [0.15, 0.2) is 0 Å². The summed E-state index contributed by atoms with van der Waals surface area (Å²) in [5, 5.41) is 24.7. The maximum absolute atomic E-state index is 13.4. The zero-order valence-corrected chi connectivity index (χ0v) is 22.5. The fourth-order valence-corrected chi connectivity index (χ4v) is 5.01. The molecule has 1 fully saturated rings. The zero-order chi connectivity index (χ0) is 27.3. The fourth-order valence-electron chi connectivity index (χ4n) is 4.77. The molecular formula is C30H34ClNO6. The van der Waals surface area contributed by atoms with Crippen molar-refractivity contribution in [2.75, 3.05) is 13.7 Å². The largest absolute Gasteiger partial charge is 0.462 e. The molecule has 4 atom stereocenters.